The summed E-state index contributed by atoms with van der Waals surface area (Å²) >= 11 is 0. The van der Waals surface area contributed by atoms with Crippen LogP contribution >= 0.6 is 0 Å². The number of carbonyl (C=O) groups excluding carboxylic acids is 1. The average Bonchev–Trinajstić information content (AvgIpc) is 3.06. The summed E-state index contributed by atoms with van der Waals surface area (Å²) in [5.74, 6) is -0.711. The number of hydrogen-bond acceptors (Lipinski definition) is 5. The van der Waals surface area contributed by atoms with Crippen molar-refractivity contribution < 1.29 is 9.72 Å². The summed E-state index contributed by atoms with van der Waals surface area (Å²) < 4.78 is 1.76. The molecule has 20 heavy (non-hydrogen) atoms. The summed E-state index contributed by atoms with van der Waals surface area (Å²) in [5.41, 5.74) is 0.752. The zero-order valence-electron chi connectivity index (χ0n) is 11.1. The SMILES string of the molecule is CCn1ccc(CN(C)C(=O)c2cc([N+](=O)[O-])[nH]n2)n1. The first-order valence-corrected chi connectivity index (χ1v) is 5.99. The van der Waals surface area contributed by atoms with Crippen molar-refractivity contribution in [1.29, 1.82) is 0 Å². The number of nitrogens with zero attached hydrogens (tertiary/aromatic N) is 5. The highest BCUT2D eigenvalue weighted by Crippen LogP contribution is 2.11. The largest absolute Gasteiger partial charge is 0.358 e. The molecule has 2 rings (SSSR count). The number of aryl methyl sites for hydroxylation is 1. The minimum absolute atomic E-state index is 0.00845. The van der Waals surface area contributed by atoms with Crippen LogP contribution in [0.5, 0.6) is 0 Å². The molecule has 0 aliphatic carbocycles. The predicted molar refractivity (Wildman–Crippen MR) is 68.9 cm³/mol. The Kier molecular flexibility index (Phi) is 3.78. The van der Waals surface area contributed by atoms with Gasteiger partial charge in [-0.25, -0.2) is 0 Å². The van der Waals surface area contributed by atoms with Gasteiger partial charge in [-0.2, -0.15) is 5.10 Å². The first kappa shape index (κ1) is 13.7. The van der Waals surface area contributed by atoms with E-state index >= 15 is 0 Å². The maximum atomic E-state index is 12.0. The van der Waals surface area contributed by atoms with Crippen LogP contribution in [0.2, 0.25) is 0 Å². The third-order valence-corrected chi connectivity index (χ3v) is 2.75. The van der Waals surface area contributed by atoms with Crippen molar-refractivity contribution in [3.05, 3.63) is 39.8 Å². The molecule has 2 aromatic heterocycles. The molecule has 2 aromatic rings. The molecule has 9 heteroatoms. The fourth-order valence-electron chi connectivity index (χ4n) is 1.69. The number of hydrogen-bond donors (Lipinski definition) is 1. The lowest BCUT2D eigenvalue weighted by Crippen LogP contribution is -2.26. The minimum atomic E-state index is -0.632. The molecule has 0 atom stereocenters. The van der Waals surface area contributed by atoms with Gasteiger partial charge in [-0.05, 0) is 17.9 Å². The van der Waals surface area contributed by atoms with Crippen LogP contribution in [0.15, 0.2) is 18.3 Å². The lowest BCUT2D eigenvalue weighted by atomic mass is 10.3. The number of carbonyl (C=O) groups is 1. The normalized spacial score (nSPS) is 10.5. The molecule has 0 fully saturated rings. The number of rotatable bonds is 5. The standard InChI is InChI=1S/C11H14N6O3/c1-3-16-5-4-8(14-16)7-15(2)11(18)9-6-10(13-12-9)17(19)20/h4-6H,3,7H2,1-2H3,(H,12,13). The number of nitrogens with one attached hydrogen (secondary N) is 1. The van der Waals surface area contributed by atoms with Crippen LogP contribution in [0.4, 0.5) is 5.82 Å². The molecule has 1 N–H and O–H groups in total. The van der Waals surface area contributed by atoms with E-state index in [2.05, 4.69) is 15.3 Å². The summed E-state index contributed by atoms with van der Waals surface area (Å²) in [7, 11) is 1.59. The van der Waals surface area contributed by atoms with Crippen molar-refractivity contribution in [2.45, 2.75) is 20.0 Å². The Morgan fingerprint density at radius 3 is 2.90 bits per heavy atom. The highest BCUT2D eigenvalue weighted by molar-refractivity contribution is 5.92. The fourth-order valence-corrected chi connectivity index (χ4v) is 1.69. The second kappa shape index (κ2) is 5.51. The van der Waals surface area contributed by atoms with Crippen molar-refractivity contribution in [2.24, 2.45) is 0 Å². The third kappa shape index (κ3) is 2.82. The van der Waals surface area contributed by atoms with Gasteiger partial charge < -0.3 is 15.0 Å². The summed E-state index contributed by atoms with van der Waals surface area (Å²) in [4.78, 5) is 23.4. The molecule has 0 aromatic carbocycles. The minimum Gasteiger partial charge on any atom is -0.358 e. The van der Waals surface area contributed by atoms with E-state index in [0.717, 1.165) is 18.3 Å². The van der Waals surface area contributed by atoms with E-state index in [1.807, 2.05) is 19.2 Å². The van der Waals surface area contributed by atoms with Gasteiger partial charge in [0.2, 0.25) is 0 Å². The highest BCUT2D eigenvalue weighted by Gasteiger charge is 2.20. The van der Waals surface area contributed by atoms with Gasteiger partial charge in [0.05, 0.1) is 18.3 Å². The van der Waals surface area contributed by atoms with Gasteiger partial charge in [0.15, 0.2) is 5.69 Å². The van der Waals surface area contributed by atoms with Gasteiger partial charge in [-0.1, -0.05) is 5.10 Å². The lowest BCUT2D eigenvalue weighted by molar-refractivity contribution is -0.389. The van der Waals surface area contributed by atoms with Crippen LogP contribution in [-0.4, -0.2) is 42.8 Å². The fraction of sp³-hybridized carbons (Fsp3) is 0.364. The summed E-state index contributed by atoms with van der Waals surface area (Å²) in [6.07, 6.45) is 1.83. The van der Waals surface area contributed by atoms with Gasteiger partial charge in [0.25, 0.3) is 5.91 Å². The molecular weight excluding hydrogens is 264 g/mol. The van der Waals surface area contributed by atoms with E-state index in [9.17, 15) is 14.9 Å². The molecule has 9 nitrogen and oxygen atoms in total. The van der Waals surface area contributed by atoms with Crippen molar-refractivity contribution >= 4 is 11.7 Å². The van der Waals surface area contributed by atoms with Gasteiger partial charge in [0, 0.05) is 19.8 Å². The predicted octanol–water partition coefficient (Wildman–Crippen LogP) is 0.806. The Bertz CT molecular complexity index is 632. The monoisotopic (exact) mass is 278 g/mol. The van der Waals surface area contributed by atoms with Crippen molar-refractivity contribution in [2.75, 3.05) is 7.05 Å². The molecule has 1 amide bonds. The Balaban J connectivity index is 2.05. The molecule has 0 unspecified atom stereocenters. The van der Waals surface area contributed by atoms with E-state index in [4.69, 9.17) is 0 Å². The first-order chi connectivity index (χ1) is 9.51. The summed E-state index contributed by atoms with van der Waals surface area (Å²) in [5, 5.41) is 20.6. The van der Waals surface area contributed by atoms with E-state index < -0.39 is 10.8 Å². The van der Waals surface area contributed by atoms with Crippen LogP contribution in [0.1, 0.15) is 23.1 Å². The molecule has 0 bridgehead atoms. The number of aromatic amines is 1. The smallest absolute Gasteiger partial charge is 0.343 e. The highest BCUT2D eigenvalue weighted by atomic mass is 16.6. The maximum absolute atomic E-state index is 12.0. The van der Waals surface area contributed by atoms with Crippen LogP contribution in [-0.2, 0) is 13.1 Å². The van der Waals surface area contributed by atoms with Crippen LogP contribution in [0, 0.1) is 10.1 Å². The number of aromatic nitrogens is 4. The molecule has 0 saturated carbocycles. The number of amides is 1. The van der Waals surface area contributed by atoms with Crippen LogP contribution < -0.4 is 0 Å². The lowest BCUT2D eigenvalue weighted by Gasteiger charge is -2.13. The van der Waals surface area contributed by atoms with Gasteiger partial charge >= 0.3 is 5.82 Å². The molecule has 0 aliphatic heterocycles. The van der Waals surface area contributed by atoms with Gasteiger partial charge in [-0.15, -0.1) is 5.10 Å². The molecule has 2 heterocycles. The zero-order chi connectivity index (χ0) is 14.7. The topological polar surface area (TPSA) is 110 Å². The van der Waals surface area contributed by atoms with Gasteiger partial charge in [-0.3, -0.25) is 9.48 Å². The van der Waals surface area contributed by atoms with E-state index in [1.54, 1.807) is 11.7 Å². The van der Waals surface area contributed by atoms with Gasteiger partial charge in [0.1, 0.15) is 0 Å². The van der Waals surface area contributed by atoms with Crippen LogP contribution in [0.3, 0.4) is 0 Å². The quantitative estimate of drug-likeness (QED) is 0.642. The van der Waals surface area contributed by atoms with Crippen molar-refractivity contribution in [3.63, 3.8) is 0 Å². The Labute approximate surface area is 114 Å². The number of nitro groups is 1. The Hall–Kier alpha value is -2.71. The Morgan fingerprint density at radius 2 is 2.35 bits per heavy atom. The molecule has 0 aliphatic rings. The van der Waals surface area contributed by atoms with Crippen molar-refractivity contribution in [1.82, 2.24) is 24.9 Å². The third-order valence-electron chi connectivity index (χ3n) is 2.75. The average molecular weight is 278 g/mol. The van der Waals surface area contributed by atoms with E-state index in [0.29, 0.717) is 6.54 Å². The molecule has 0 saturated heterocycles. The maximum Gasteiger partial charge on any atom is 0.343 e. The summed E-state index contributed by atoms with van der Waals surface area (Å²) in [6.45, 7) is 3.03. The number of H-pyrrole nitrogens is 1. The Morgan fingerprint density at radius 1 is 1.60 bits per heavy atom. The van der Waals surface area contributed by atoms with Crippen LogP contribution in [0.25, 0.3) is 0 Å². The zero-order valence-corrected chi connectivity index (χ0v) is 11.1. The second-order valence-corrected chi connectivity index (χ2v) is 4.22. The van der Waals surface area contributed by atoms with E-state index in [1.165, 1.54) is 4.90 Å². The second-order valence-electron chi connectivity index (χ2n) is 4.22. The molecular formula is C11H14N6O3. The first-order valence-electron chi connectivity index (χ1n) is 5.99. The molecule has 0 radical (unpaired) electrons. The molecule has 106 valence electrons. The summed E-state index contributed by atoms with van der Waals surface area (Å²) in [6, 6.07) is 2.93. The van der Waals surface area contributed by atoms with E-state index in [-0.39, 0.29) is 11.5 Å². The molecule has 0 spiro atoms. The van der Waals surface area contributed by atoms with Crippen molar-refractivity contribution in [3.8, 4) is 0 Å².